The number of nitrogens with one attached hydrogen (secondary N) is 1. The molecular formula is C20H22N2O2. The minimum absolute atomic E-state index is 0.0676. The molecule has 1 N–H and O–H groups in total. The van der Waals surface area contributed by atoms with Crippen molar-refractivity contribution in [2.75, 3.05) is 11.4 Å². The maximum Gasteiger partial charge on any atom is 0.251 e. The lowest BCUT2D eigenvalue weighted by Crippen LogP contribution is -2.27. The first kappa shape index (κ1) is 16.2. The van der Waals surface area contributed by atoms with E-state index in [0.29, 0.717) is 18.5 Å². The lowest BCUT2D eigenvalue weighted by molar-refractivity contribution is -0.118. The monoisotopic (exact) mass is 322 g/mol. The number of benzene rings is 2. The summed E-state index contributed by atoms with van der Waals surface area (Å²) < 4.78 is 0. The highest BCUT2D eigenvalue weighted by molar-refractivity contribution is 5.95. The largest absolute Gasteiger partial charge is 0.348 e. The van der Waals surface area contributed by atoms with E-state index in [0.717, 1.165) is 29.8 Å². The van der Waals surface area contributed by atoms with Gasteiger partial charge in [0, 0.05) is 30.8 Å². The smallest absolute Gasteiger partial charge is 0.251 e. The summed E-state index contributed by atoms with van der Waals surface area (Å²) in [7, 11) is 0. The SMILES string of the molecule is CCC(=O)N1CCc2cc(CNC(=O)c3cccc(C)c3)ccc21. The molecule has 2 aromatic carbocycles. The number of aryl methyl sites for hydroxylation is 1. The maximum absolute atomic E-state index is 12.2. The standard InChI is InChI=1S/C20H22N2O2/c1-3-19(23)22-10-9-16-12-15(7-8-18(16)22)13-21-20(24)17-6-4-5-14(2)11-17/h4-8,11-12H,3,9-10,13H2,1-2H3,(H,21,24). The van der Waals surface area contributed by atoms with Gasteiger partial charge in [0.1, 0.15) is 0 Å². The Hall–Kier alpha value is -2.62. The number of hydrogen-bond donors (Lipinski definition) is 1. The number of carbonyl (C=O) groups is 2. The molecule has 1 heterocycles. The van der Waals surface area contributed by atoms with E-state index < -0.39 is 0 Å². The van der Waals surface area contributed by atoms with E-state index in [1.807, 2.05) is 55.1 Å². The maximum atomic E-state index is 12.2. The van der Waals surface area contributed by atoms with Crippen LogP contribution in [0.4, 0.5) is 5.69 Å². The molecule has 0 fully saturated rings. The molecule has 0 atom stereocenters. The van der Waals surface area contributed by atoms with Gasteiger partial charge in [-0.05, 0) is 42.7 Å². The van der Waals surface area contributed by atoms with E-state index in [-0.39, 0.29) is 11.8 Å². The topological polar surface area (TPSA) is 49.4 Å². The van der Waals surface area contributed by atoms with Crippen molar-refractivity contribution in [2.24, 2.45) is 0 Å². The van der Waals surface area contributed by atoms with E-state index >= 15 is 0 Å². The fraction of sp³-hybridized carbons (Fsp3) is 0.300. The van der Waals surface area contributed by atoms with Crippen LogP contribution in [0.25, 0.3) is 0 Å². The molecule has 0 bridgehead atoms. The first-order valence-electron chi connectivity index (χ1n) is 8.35. The van der Waals surface area contributed by atoms with Crippen LogP contribution in [-0.4, -0.2) is 18.4 Å². The quantitative estimate of drug-likeness (QED) is 0.939. The summed E-state index contributed by atoms with van der Waals surface area (Å²) in [5.41, 5.74) is 4.99. The number of rotatable bonds is 4. The summed E-state index contributed by atoms with van der Waals surface area (Å²) in [6, 6.07) is 13.6. The van der Waals surface area contributed by atoms with E-state index in [1.54, 1.807) is 0 Å². The summed E-state index contributed by atoms with van der Waals surface area (Å²) in [6.07, 6.45) is 1.40. The molecule has 1 aliphatic heterocycles. The zero-order valence-corrected chi connectivity index (χ0v) is 14.1. The van der Waals surface area contributed by atoms with Crippen LogP contribution < -0.4 is 10.2 Å². The molecular weight excluding hydrogens is 300 g/mol. The van der Waals surface area contributed by atoms with Crippen LogP contribution in [0, 0.1) is 6.92 Å². The molecule has 24 heavy (non-hydrogen) atoms. The van der Waals surface area contributed by atoms with Gasteiger partial charge in [0.25, 0.3) is 5.91 Å². The number of carbonyl (C=O) groups excluding carboxylic acids is 2. The van der Waals surface area contributed by atoms with Gasteiger partial charge in [-0.1, -0.05) is 36.8 Å². The lowest BCUT2D eigenvalue weighted by atomic mass is 10.1. The Morgan fingerprint density at radius 1 is 1.17 bits per heavy atom. The Morgan fingerprint density at radius 2 is 2.00 bits per heavy atom. The van der Waals surface area contributed by atoms with Gasteiger partial charge in [-0.2, -0.15) is 0 Å². The molecule has 1 aliphatic rings. The van der Waals surface area contributed by atoms with Crippen LogP contribution in [0.2, 0.25) is 0 Å². The van der Waals surface area contributed by atoms with E-state index in [4.69, 9.17) is 0 Å². The summed E-state index contributed by atoms with van der Waals surface area (Å²) >= 11 is 0. The molecule has 124 valence electrons. The molecule has 0 aliphatic carbocycles. The third kappa shape index (κ3) is 3.32. The number of amides is 2. The molecule has 0 saturated carbocycles. The van der Waals surface area contributed by atoms with Crippen LogP contribution in [0.15, 0.2) is 42.5 Å². The summed E-state index contributed by atoms with van der Waals surface area (Å²) in [4.78, 5) is 26.0. The van der Waals surface area contributed by atoms with Crippen LogP contribution >= 0.6 is 0 Å². The van der Waals surface area contributed by atoms with Crippen LogP contribution in [0.3, 0.4) is 0 Å². The summed E-state index contributed by atoms with van der Waals surface area (Å²) in [5.74, 6) is 0.0937. The first-order valence-corrected chi connectivity index (χ1v) is 8.35. The molecule has 2 aromatic rings. The van der Waals surface area contributed by atoms with Gasteiger partial charge in [0.05, 0.1) is 0 Å². The minimum atomic E-state index is -0.0676. The van der Waals surface area contributed by atoms with Gasteiger partial charge < -0.3 is 10.2 Å². The highest BCUT2D eigenvalue weighted by atomic mass is 16.2. The van der Waals surface area contributed by atoms with Crippen molar-refractivity contribution in [1.82, 2.24) is 5.32 Å². The molecule has 2 amide bonds. The predicted molar refractivity (Wildman–Crippen MR) is 95.1 cm³/mol. The van der Waals surface area contributed by atoms with Crippen molar-refractivity contribution in [3.63, 3.8) is 0 Å². The van der Waals surface area contributed by atoms with Gasteiger partial charge in [0.15, 0.2) is 0 Å². The normalized spacial score (nSPS) is 12.8. The molecule has 4 nitrogen and oxygen atoms in total. The Balaban J connectivity index is 1.67. The molecule has 0 spiro atoms. The zero-order valence-electron chi connectivity index (χ0n) is 14.1. The Labute approximate surface area is 142 Å². The number of hydrogen-bond acceptors (Lipinski definition) is 2. The fourth-order valence-electron chi connectivity index (χ4n) is 3.09. The van der Waals surface area contributed by atoms with E-state index in [2.05, 4.69) is 11.4 Å². The summed E-state index contributed by atoms with van der Waals surface area (Å²) in [5, 5.41) is 2.96. The van der Waals surface area contributed by atoms with Gasteiger partial charge in [-0.25, -0.2) is 0 Å². The van der Waals surface area contributed by atoms with E-state index in [1.165, 1.54) is 5.56 Å². The molecule has 4 heteroatoms. The van der Waals surface area contributed by atoms with Crippen molar-refractivity contribution in [1.29, 1.82) is 0 Å². The van der Waals surface area contributed by atoms with Crippen LogP contribution in [0.5, 0.6) is 0 Å². The van der Waals surface area contributed by atoms with Gasteiger partial charge in [-0.15, -0.1) is 0 Å². The molecule has 0 aromatic heterocycles. The van der Waals surface area contributed by atoms with Crippen molar-refractivity contribution < 1.29 is 9.59 Å². The minimum Gasteiger partial charge on any atom is -0.348 e. The molecule has 0 radical (unpaired) electrons. The van der Waals surface area contributed by atoms with E-state index in [9.17, 15) is 9.59 Å². The molecule has 3 rings (SSSR count). The second kappa shape index (κ2) is 6.87. The number of anilines is 1. The molecule has 0 unspecified atom stereocenters. The second-order valence-electron chi connectivity index (χ2n) is 6.16. The second-order valence-corrected chi connectivity index (χ2v) is 6.16. The van der Waals surface area contributed by atoms with Crippen LogP contribution in [-0.2, 0) is 17.8 Å². The predicted octanol–water partition coefficient (Wildman–Crippen LogP) is 3.22. The fourth-order valence-corrected chi connectivity index (χ4v) is 3.09. The Kier molecular flexibility index (Phi) is 4.65. The average Bonchev–Trinajstić information content (AvgIpc) is 3.02. The number of nitrogens with zero attached hydrogens (tertiary/aromatic N) is 1. The van der Waals surface area contributed by atoms with Gasteiger partial charge in [0.2, 0.25) is 5.91 Å². The third-order valence-electron chi connectivity index (χ3n) is 4.38. The third-order valence-corrected chi connectivity index (χ3v) is 4.38. The highest BCUT2D eigenvalue weighted by Gasteiger charge is 2.23. The molecule has 0 saturated heterocycles. The summed E-state index contributed by atoms with van der Waals surface area (Å²) in [6.45, 7) is 5.10. The Morgan fingerprint density at radius 3 is 2.75 bits per heavy atom. The highest BCUT2D eigenvalue weighted by Crippen LogP contribution is 2.29. The Bertz CT molecular complexity index is 783. The van der Waals surface area contributed by atoms with Crippen molar-refractivity contribution in [3.05, 3.63) is 64.7 Å². The van der Waals surface area contributed by atoms with Gasteiger partial charge in [-0.3, -0.25) is 9.59 Å². The average molecular weight is 322 g/mol. The van der Waals surface area contributed by atoms with Gasteiger partial charge >= 0.3 is 0 Å². The lowest BCUT2D eigenvalue weighted by Gasteiger charge is -2.16. The van der Waals surface area contributed by atoms with Crippen molar-refractivity contribution in [2.45, 2.75) is 33.2 Å². The first-order chi connectivity index (χ1) is 11.6. The van der Waals surface area contributed by atoms with Crippen molar-refractivity contribution >= 4 is 17.5 Å². The zero-order chi connectivity index (χ0) is 17.1. The number of fused-ring (bicyclic) bond motifs is 1. The van der Waals surface area contributed by atoms with Crippen LogP contribution in [0.1, 0.15) is 40.4 Å². The van der Waals surface area contributed by atoms with Crippen molar-refractivity contribution in [3.8, 4) is 0 Å².